The fourth-order valence-corrected chi connectivity index (χ4v) is 3.80. The molecule has 0 spiro atoms. The second kappa shape index (κ2) is 7.49. The molecule has 5 nitrogen and oxygen atoms in total. The SMILES string of the molecule is CCC(C(=O)Nc1cccc(C)c1)N(c1ccccc1)S(C)(=O)=O. The monoisotopic (exact) mass is 346 g/mol. The Bertz CT molecular complexity index is 804. The Labute approximate surface area is 143 Å². The molecule has 0 radical (unpaired) electrons. The molecule has 0 fully saturated rings. The summed E-state index contributed by atoms with van der Waals surface area (Å²) in [6, 6.07) is 15.3. The zero-order valence-corrected chi connectivity index (χ0v) is 14.9. The highest BCUT2D eigenvalue weighted by Gasteiger charge is 2.31. The molecule has 1 atom stereocenters. The Balaban J connectivity index is 2.34. The lowest BCUT2D eigenvalue weighted by atomic mass is 10.1. The van der Waals surface area contributed by atoms with Crippen molar-refractivity contribution in [1.82, 2.24) is 0 Å². The first-order chi connectivity index (χ1) is 11.3. The first kappa shape index (κ1) is 18.0. The smallest absolute Gasteiger partial charge is 0.248 e. The number of hydrogen-bond acceptors (Lipinski definition) is 3. The molecule has 1 N–H and O–H groups in total. The van der Waals surface area contributed by atoms with Gasteiger partial charge < -0.3 is 5.32 Å². The number of aryl methyl sites for hydroxylation is 1. The van der Waals surface area contributed by atoms with E-state index >= 15 is 0 Å². The molecule has 128 valence electrons. The third kappa shape index (κ3) is 4.35. The summed E-state index contributed by atoms with van der Waals surface area (Å²) >= 11 is 0. The van der Waals surface area contributed by atoms with Gasteiger partial charge in [0.05, 0.1) is 11.9 Å². The highest BCUT2D eigenvalue weighted by Crippen LogP contribution is 2.23. The van der Waals surface area contributed by atoms with Gasteiger partial charge in [0.15, 0.2) is 0 Å². The lowest BCUT2D eigenvalue weighted by molar-refractivity contribution is -0.117. The summed E-state index contributed by atoms with van der Waals surface area (Å²) in [5.74, 6) is -0.350. The van der Waals surface area contributed by atoms with Crippen LogP contribution in [0.1, 0.15) is 18.9 Å². The van der Waals surface area contributed by atoms with Gasteiger partial charge in [0, 0.05) is 5.69 Å². The van der Waals surface area contributed by atoms with Crippen LogP contribution in [0.25, 0.3) is 0 Å². The fraction of sp³-hybridized carbons (Fsp3) is 0.278. The highest BCUT2D eigenvalue weighted by atomic mass is 32.2. The molecule has 0 saturated carbocycles. The molecule has 2 rings (SSSR count). The fourth-order valence-electron chi connectivity index (χ4n) is 2.58. The minimum atomic E-state index is -3.60. The number of hydrogen-bond donors (Lipinski definition) is 1. The van der Waals surface area contributed by atoms with Crippen LogP contribution in [0, 0.1) is 6.92 Å². The van der Waals surface area contributed by atoms with Crippen molar-refractivity contribution in [2.45, 2.75) is 26.3 Å². The molecule has 0 bridgehead atoms. The maximum atomic E-state index is 12.7. The molecule has 0 aliphatic carbocycles. The largest absolute Gasteiger partial charge is 0.324 e. The number of sulfonamides is 1. The van der Waals surface area contributed by atoms with E-state index < -0.39 is 16.1 Å². The Hall–Kier alpha value is -2.34. The molecule has 0 aromatic heterocycles. The number of rotatable bonds is 6. The standard InChI is InChI=1S/C18H22N2O3S/c1-4-17(18(21)19-15-10-8-9-14(2)13-15)20(24(3,22)23)16-11-6-5-7-12-16/h5-13,17H,4H2,1-3H3,(H,19,21). The van der Waals surface area contributed by atoms with Crippen LogP contribution in [0.3, 0.4) is 0 Å². The molecule has 0 heterocycles. The normalized spacial score (nSPS) is 12.5. The molecule has 1 unspecified atom stereocenters. The van der Waals surface area contributed by atoms with Gasteiger partial charge in [-0.1, -0.05) is 37.3 Å². The van der Waals surface area contributed by atoms with E-state index in [1.165, 1.54) is 4.31 Å². The summed E-state index contributed by atoms with van der Waals surface area (Å²) in [5.41, 5.74) is 2.15. The van der Waals surface area contributed by atoms with Crippen LogP contribution in [0.4, 0.5) is 11.4 Å². The lowest BCUT2D eigenvalue weighted by Gasteiger charge is -2.30. The van der Waals surface area contributed by atoms with Gasteiger partial charge in [-0.15, -0.1) is 0 Å². The van der Waals surface area contributed by atoms with E-state index in [4.69, 9.17) is 0 Å². The first-order valence-electron chi connectivity index (χ1n) is 7.75. The van der Waals surface area contributed by atoms with Crippen molar-refractivity contribution in [2.75, 3.05) is 15.9 Å². The van der Waals surface area contributed by atoms with Gasteiger partial charge in [-0.25, -0.2) is 8.42 Å². The van der Waals surface area contributed by atoms with Gasteiger partial charge in [-0.05, 0) is 43.2 Å². The maximum absolute atomic E-state index is 12.7. The van der Waals surface area contributed by atoms with Crippen LogP contribution in [0.5, 0.6) is 0 Å². The van der Waals surface area contributed by atoms with Gasteiger partial charge in [-0.3, -0.25) is 9.10 Å². The summed E-state index contributed by atoms with van der Waals surface area (Å²) in [6.45, 7) is 3.72. The molecule has 2 aromatic rings. The quantitative estimate of drug-likeness (QED) is 0.873. The number of nitrogens with zero attached hydrogens (tertiary/aromatic N) is 1. The van der Waals surface area contributed by atoms with Crippen molar-refractivity contribution < 1.29 is 13.2 Å². The van der Waals surface area contributed by atoms with E-state index in [0.717, 1.165) is 11.8 Å². The van der Waals surface area contributed by atoms with Gasteiger partial charge in [0.25, 0.3) is 0 Å². The van der Waals surface area contributed by atoms with Crippen molar-refractivity contribution in [3.05, 3.63) is 60.2 Å². The summed E-state index contributed by atoms with van der Waals surface area (Å²) in [5, 5.41) is 2.81. The second-order valence-electron chi connectivity index (χ2n) is 5.68. The molecular weight excluding hydrogens is 324 g/mol. The van der Waals surface area contributed by atoms with Crippen molar-refractivity contribution in [2.24, 2.45) is 0 Å². The lowest BCUT2D eigenvalue weighted by Crippen LogP contribution is -2.46. The van der Waals surface area contributed by atoms with Crippen molar-refractivity contribution >= 4 is 27.3 Å². The van der Waals surface area contributed by atoms with E-state index in [0.29, 0.717) is 17.8 Å². The average molecular weight is 346 g/mol. The molecule has 6 heteroatoms. The predicted molar refractivity (Wildman–Crippen MR) is 97.7 cm³/mol. The van der Waals surface area contributed by atoms with Crippen molar-refractivity contribution in [1.29, 1.82) is 0 Å². The summed E-state index contributed by atoms with van der Waals surface area (Å²) in [4.78, 5) is 12.7. The van der Waals surface area contributed by atoms with Gasteiger partial charge in [0.2, 0.25) is 15.9 Å². The van der Waals surface area contributed by atoms with E-state index in [1.807, 2.05) is 25.1 Å². The molecule has 2 aromatic carbocycles. The van der Waals surface area contributed by atoms with E-state index in [2.05, 4.69) is 5.32 Å². The molecule has 0 aliphatic rings. The number of para-hydroxylation sites is 1. The summed E-state index contributed by atoms with van der Waals surface area (Å²) in [6.07, 6.45) is 1.47. The van der Waals surface area contributed by atoms with Gasteiger partial charge in [0.1, 0.15) is 6.04 Å². The molecule has 1 amide bonds. The van der Waals surface area contributed by atoms with E-state index in [-0.39, 0.29) is 5.91 Å². The summed E-state index contributed by atoms with van der Waals surface area (Å²) < 4.78 is 25.8. The number of anilines is 2. The Morgan fingerprint density at radius 1 is 1.12 bits per heavy atom. The number of amides is 1. The van der Waals surface area contributed by atoms with Crippen LogP contribution in [0.2, 0.25) is 0 Å². The maximum Gasteiger partial charge on any atom is 0.248 e. The van der Waals surface area contributed by atoms with Crippen molar-refractivity contribution in [3.8, 4) is 0 Å². The molecule has 24 heavy (non-hydrogen) atoms. The Kier molecular flexibility index (Phi) is 5.62. The topological polar surface area (TPSA) is 66.5 Å². The van der Waals surface area contributed by atoms with Crippen LogP contribution >= 0.6 is 0 Å². The zero-order valence-electron chi connectivity index (χ0n) is 14.1. The van der Waals surface area contributed by atoms with E-state index in [1.54, 1.807) is 43.3 Å². The van der Waals surface area contributed by atoms with Gasteiger partial charge >= 0.3 is 0 Å². The second-order valence-corrected chi connectivity index (χ2v) is 7.54. The zero-order chi connectivity index (χ0) is 17.7. The highest BCUT2D eigenvalue weighted by molar-refractivity contribution is 7.92. The van der Waals surface area contributed by atoms with Crippen molar-refractivity contribution in [3.63, 3.8) is 0 Å². The minimum absolute atomic E-state index is 0.350. The third-order valence-electron chi connectivity index (χ3n) is 3.63. The Morgan fingerprint density at radius 3 is 2.33 bits per heavy atom. The summed E-state index contributed by atoms with van der Waals surface area (Å²) in [7, 11) is -3.60. The molecule has 0 saturated heterocycles. The number of nitrogens with one attached hydrogen (secondary N) is 1. The third-order valence-corrected chi connectivity index (χ3v) is 4.81. The van der Waals surface area contributed by atoms with Crippen LogP contribution < -0.4 is 9.62 Å². The van der Waals surface area contributed by atoms with Crippen LogP contribution in [-0.2, 0) is 14.8 Å². The molecular formula is C18H22N2O3S. The van der Waals surface area contributed by atoms with Gasteiger partial charge in [-0.2, -0.15) is 0 Å². The van der Waals surface area contributed by atoms with E-state index in [9.17, 15) is 13.2 Å². The predicted octanol–water partition coefficient (Wildman–Crippen LogP) is 3.18. The average Bonchev–Trinajstić information content (AvgIpc) is 2.52. The van der Waals surface area contributed by atoms with Crippen LogP contribution in [0.15, 0.2) is 54.6 Å². The number of benzene rings is 2. The number of carbonyl (C=O) groups is 1. The Morgan fingerprint density at radius 2 is 1.79 bits per heavy atom. The van der Waals surface area contributed by atoms with Crippen LogP contribution in [-0.4, -0.2) is 26.6 Å². The molecule has 0 aliphatic heterocycles. The number of carbonyl (C=O) groups excluding carboxylic acids is 1. The minimum Gasteiger partial charge on any atom is -0.324 e. The first-order valence-corrected chi connectivity index (χ1v) is 9.59.